The summed E-state index contributed by atoms with van der Waals surface area (Å²) < 4.78 is 2.03. The maximum absolute atomic E-state index is 10.3. The van der Waals surface area contributed by atoms with Crippen molar-refractivity contribution in [2.75, 3.05) is 0 Å². The molecular formula is C15H20N2O. The predicted molar refractivity (Wildman–Crippen MR) is 72.4 cm³/mol. The van der Waals surface area contributed by atoms with Gasteiger partial charge in [0.15, 0.2) is 0 Å². The average molecular weight is 244 g/mol. The first-order chi connectivity index (χ1) is 8.70. The standard InChI is InChI=1S/C15H20N2O/c1-3-9-17-10-8-16-15(17)14(18)11-13-6-4-12(2)5-7-13/h4-8,10,14,18H,3,9,11H2,1-2H3. The van der Waals surface area contributed by atoms with Gasteiger partial charge in [-0.25, -0.2) is 4.98 Å². The summed E-state index contributed by atoms with van der Waals surface area (Å²) in [5, 5.41) is 10.3. The zero-order chi connectivity index (χ0) is 13.0. The second-order valence-electron chi connectivity index (χ2n) is 4.68. The van der Waals surface area contributed by atoms with E-state index in [4.69, 9.17) is 0 Å². The fourth-order valence-corrected chi connectivity index (χ4v) is 2.09. The maximum Gasteiger partial charge on any atom is 0.137 e. The molecule has 0 saturated carbocycles. The summed E-state index contributed by atoms with van der Waals surface area (Å²) in [4.78, 5) is 4.26. The van der Waals surface area contributed by atoms with E-state index in [1.54, 1.807) is 6.20 Å². The molecule has 3 nitrogen and oxygen atoms in total. The molecule has 0 spiro atoms. The van der Waals surface area contributed by atoms with Gasteiger partial charge in [0, 0.05) is 25.4 Å². The molecule has 0 saturated heterocycles. The second kappa shape index (κ2) is 5.83. The van der Waals surface area contributed by atoms with Gasteiger partial charge in [0.2, 0.25) is 0 Å². The van der Waals surface area contributed by atoms with Crippen LogP contribution < -0.4 is 0 Å². The van der Waals surface area contributed by atoms with Crippen molar-refractivity contribution < 1.29 is 5.11 Å². The number of aromatic nitrogens is 2. The smallest absolute Gasteiger partial charge is 0.137 e. The monoisotopic (exact) mass is 244 g/mol. The van der Waals surface area contributed by atoms with Gasteiger partial charge in [-0.1, -0.05) is 36.8 Å². The summed E-state index contributed by atoms with van der Waals surface area (Å²) in [5.41, 5.74) is 2.37. The molecule has 1 unspecified atom stereocenters. The average Bonchev–Trinajstić information content (AvgIpc) is 2.81. The lowest BCUT2D eigenvalue weighted by atomic mass is 10.1. The fraction of sp³-hybridized carbons (Fsp3) is 0.400. The molecule has 2 aromatic rings. The molecule has 0 aliphatic heterocycles. The second-order valence-corrected chi connectivity index (χ2v) is 4.68. The first-order valence-electron chi connectivity index (χ1n) is 6.45. The van der Waals surface area contributed by atoms with E-state index in [-0.39, 0.29) is 0 Å². The predicted octanol–water partition coefficient (Wildman–Crippen LogP) is 2.88. The molecule has 0 bridgehead atoms. The van der Waals surface area contributed by atoms with E-state index in [1.807, 2.05) is 10.8 Å². The number of rotatable bonds is 5. The van der Waals surface area contributed by atoms with Crippen LogP contribution in [0.4, 0.5) is 0 Å². The SMILES string of the molecule is CCCn1ccnc1C(O)Cc1ccc(C)cc1. The summed E-state index contributed by atoms with van der Waals surface area (Å²) in [5.74, 6) is 0.762. The van der Waals surface area contributed by atoms with Gasteiger partial charge in [0.25, 0.3) is 0 Å². The summed E-state index contributed by atoms with van der Waals surface area (Å²) >= 11 is 0. The first kappa shape index (κ1) is 12.8. The van der Waals surface area contributed by atoms with Gasteiger partial charge in [-0.05, 0) is 18.9 Å². The normalized spacial score (nSPS) is 12.6. The first-order valence-corrected chi connectivity index (χ1v) is 6.45. The van der Waals surface area contributed by atoms with E-state index < -0.39 is 6.10 Å². The van der Waals surface area contributed by atoms with Crippen molar-refractivity contribution in [3.05, 3.63) is 53.6 Å². The Kier molecular flexibility index (Phi) is 4.15. The zero-order valence-corrected chi connectivity index (χ0v) is 11.0. The minimum Gasteiger partial charge on any atom is -0.385 e. The molecule has 18 heavy (non-hydrogen) atoms. The lowest BCUT2D eigenvalue weighted by Gasteiger charge is -2.13. The molecule has 1 heterocycles. The quantitative estimate of drug-likeness (QED) is 0.878. The largest absolute Gasteiger partial charge is 0.385 e. The topological polar surface area (TPSA) is 38.0 Å². The van der Waals surface area contributed by atoms with Crippen molar-refractivity contribution in [1.29, 1.82) is 0 Å². The van der Waals surface area contributed by atoms with Gasteiger partial charge in [-0.2, -0.15) is 0 Å². The Labute approximate surface area is 108 Å². The molecular weight excluding hydrogens is 224 g/mol. The Hall–Kier alpha value is -1.61. The molecule has 1 aromatic carbocycles. The summed E-state index contributed by atoms with van der Waals surface area (Å²) in [7, 11) is 0. The number of aliphatic hydroxyl groups is 1. The van der Waals surface area contributed by atoms with Crippen LogP contribution >= 0.6 is 0 Å². The lowest BCUT2D eigenvalue weighted by Crippen LogP contribution is -2.10. The highest BCUT2D eigenvalue weighted by molar-refractivity contribution is 5.22. The number of imidazole rings is 1. The minimum absolute atomic E-state index is 0.533. The van der Waals surface area contributed by atoms with E-state index in [2.05, 4.69) is 43.1 Å². The van der Waals surface area contributed by atoms with E-state index >= 15 is 0 Å². The molecule has 0 aliphatic rings. The van der Waals surface area contributed by atoms with Crippen LogP contribution in [-0.2, 0) is 13.0 Å². The van der Waals surface area contributed by atoms with Crippen LogP contribution in [0.3, 0.4) is 0 Å². The third kappa shape index (κ3) is 2.99. The van der Waals surface area contributed by atoms with E-state index in [0.29, 0.717) is 6.42 Å². The number of aliphatic hydroxyl groups excluding tert-OH is 1. The highest BCUT2D eigenvalue weighted by atomic mass is 16.3. The highest BCUT2D eigenvalue weighted by Crippen LogP contribution is 2.17. The van der Waals surface area contributed by atoms with Crippen LogP contribution in [0, 0.1) is 6.92 Å². The van der Waals surface area contributed by atoms with Gasteiger partial charge < -0.3 is 9.67 Å². The van der Waals surface area contributed by atoms with Gasteiger partial charge in [0.05, 0.1) is 0 Å². The highest BCUT2D eigenvalue weighted by Gasteiger charge is 2.14. The number of hydrogen-bond acceptors (Lipinski definition) is 2. The molecule has 0 radical (unpaired) electrons. The summed E-state index contributed by atoms with van der Waals surface area (Å²) in [6.07, 6.45) is 4.80. The third-order valence-electron chi connectivity index (χ3n) is 3.06. The van der Waals surface area contributed by atoms with Crippen LogP contribution in [0.1, 0.15) is 36.4 Å². The number of nitrogens with zero attached hydrogens (tertiary/aromatic N) is 2. The summed E-state index contributed by atoms with van der Waals surface area (Å²) in [6, 6.07) is 8.26. The molecule has 96 valence electrons. The lowest BCUT2D eigenvalue weighted by molar-refractivity contribution is 0.163. The van der Waals surface area contributed by atoms with Crippen molar-refractivity contribution in [2.24, 2.45) is 0 Å². The number of aryl methyl sites for hydroxylation is 2. The van der Waals surface area contributed by atoms with Crippen molar-refractivity contribution in [3.63, 3.8) is 0 Å². The molecule has 1 aromatic heterocycles. The van der Waals surface area contributed by atoms with Crippen LogP contribution in [-0.4, -0.2) is 14.7 Å². The molecule has 0 amide bonds. The van der Waals surface area contributed by atoms with Crippen LogP contribution in [0.5, 0.6) is 0 Å². The van der Waals surface area contributed by atoms with Crippen molar-refractivity contribution in [3.8, 4) is 0 Å². The van der Waals surface area contributed by atoms with Gasteiger partial charge >= 0.3 is 0 Å². The molecule has 2 rings (SSSR count). The molecule has 0 aliphatic carbocycles. The van der Waals surface area contributed by atoms with Crippen molar-refractivity contribution in [2.45, 2.75) is 39.3 Å². The molecule has 1 N–H and O–H groups in total. The van der Waals surface area contributed by atoms with Crippen molar-refractivity contribution in [1.82, 2.24) is 9.55 Å². The Morgan fingerprint density at radius 3 is 2.67 bits per heavy atom. The van der Waals surface area contributed by atoms with Gasteiger partial charge in [-0.3, -0.25) is 0 Å². The van der Waals surface area contributed by atoms with E-state index in [0.717, 1.165) is 24.4 Å². The van der Waals surface area contributed by atoms with E-state index in [9.17, 15) is 5.11 Å². The fourth-order valence-electron chi connectivity index (χ4n) is 2.09. The zero-order valence-electron chi connectivity index (χ0n) is 11.0. The van der Waals surface area contributed by atoms with Crippen LogP contribution in [0.15, 0.2) is 36.7 Å². The van der Waals surface area contributed by atoms with E-state index in [1.165, 1.54) is 5.56 Å². The number of benzene rings is 1. The van der Waals surface area contributed by atoms with Crippen LogP contribution in [0.25, 0.3) is 0 Å². The van der Waals surface area contributed by atoms with Gasteiger partial charge in [-0.15, -0.1) is 0 Å². The minimum atomic E-state index is -0.533. The van der Waals surface area contributed by atoms with Gasteiger partial charge in [0.1, 0.15) is 11.9 Å². The Morgan fingerprint density at radius 2 is 2.00 bits per heavy atom. The summed E-state index contributed by atoms with van der Waals surface area (Å²) in [6.45, 7) is 5.09. The Morgan fingerprint density at radius 1 is 1.28 bits per heavy atom. The molecule has 0 fully saturated rings. The molecule has 1 atom stereocenters. The molecule has 3 heteroatoms. The van der Waals surface area contributed by atoms with Crippen LogP contribution in [0.2, 0.25) is 0 Å². The third-order valence-corrected chi connectivity index (χ3v) is 3.06. The number of hydrogen-bond donors (Lipinski definition) is 1. The Balaban J connectivity index is 2.09. The maximum atomic E-state index is 10.3. The Bertz CT molecular complexity index is 487. The van der Waals surface area contributed by atoms with Crippen molar-refractivity contribution >= 4 is 0 Å².